The summed E-state index contributed by atoms with van der Waals surface area (Å²) in [5.74, 6) is 0.549. The van der Waals surface area contributed by atoms with Gasteiger partial charge in [0.1, 0.15) is 29.6 Å². The van der Waals surface area contributed by atoms with Crippen molar-refractivity contribution >= 4 is 23.8 Å². The highest BCUT2D eigenvalue weighted by Gasteiger charge is 2.23. The monoisotopic (exact) mass is 834 g/mol. The SMILES string of the molecule is CCCCCCCCOc1ccc(C(=O)Oc2ccc(C(=O)OCCN3CCN(C(=O)c4ccc(OC(=O)c5ccc(OCCCCCCCC)cc5)cc4)CC3)cc2)cc1. The van der Waals surface area contributed by atoms with Crippen molar-refractivity contribution in [2.45, 2.75) is 90.9 Å². The number of ether oxygens (including phenoxy) is 5. The summed E-state index contributed by atoms with van der Waals surface area (Å²) < 4.78 is 28.2. The fourth-order valence-corrected chi connectivity index (χ4v) is 6.88. The summed E-state index contributed by atoms with van der Waals surface area (Å²) in [5, 5.41) is 0. The second kappa shape index (κ2) is 25.8. The van der Waals surface area contributed by atoms with Crippen LogP contribution in [0.2, 0.25) is 0 Å². The number of nitrogens with zero attached hydrogens (tertiary/aromatic N) is 2. The second-order valence-electron chi connectivity index (χ2n) is 15.4. The largest absolute Gasteiger partial charge is 0.494 e. The number of piperazine rings is 1. The Morgan fingerprint density at radius 1 is 0.426 bits per heavy atom. The maximum Gasteiger partial charge on any atom is 0.343 e. The quantitative estimate of drug-likeness (QED) is 0.0362. The van der Waals surface area contributed by atoms with Crippen molar-refractivity contribution < 1.29 is 42.9 Å². The van der Waals surface area contributed by atoms with Gasteiger partial charge in [0.25, 0.3) is 5.91 Å². The summed E-state index contributed by atoms with van der Waals surface area (Å²) in [5.41, 5.74) is 1.67. The van der Waals surface area contributed by atoms with Crippen LogP contribution in [-0.4, -0.2) is 86.2 Å². The lowest BCUT2D eigenvalue weighted by atomic mass is 10.1. The minimum Gasteiger partial charge on any atom is -0.494 e. The van der Waals surface area contributed by atoms with E-state index in [2.05, 4.69) is 18.7 Å². The first kappa shape index (κ1) is 46.4. The first-order valence-electron chi connectivity index (χ1n) is 22.1. The van der Waals surface area contributed by atoms with Gasteiger partial charge in [0.05, 0.1) is 29.9 Å². The minimum absolute atomic E-state index is 0.101. The third-order valence-electron chi connectivity index (χ3n) is 10.6. The van der Waals surface area contributed by atoms with E-state index in [-0.39, 0.29) is 12.5 Å². The molecule has 4 aromatic carbocycles. The zero-order valence-electron chi connectivity index (χ0n) is 35.9. The van der Waals surface area contributed by atoms with Crippen LogP contribution in [0, 0.1) is 0 Å². The predicted octanol–water partition coefficient (Wildman–Crippen LogP) is 10.2. The third kappa shape index (κ3) is 16.0. The van der Waals surface area contributed by atoms with Gasteiger partial charge in [-0.1, -0.05) is 78.1 Å². The minimum atomic E-state index is -0.502. The zero-order chi connectivity index (χ0) is 43.1. The molecule has 0 aromatic heterocycles. The Labute approximate surface area is 361 Å². The van der Waals surface area contributed by atoms with E-state index in [1.54, 1.807) is 102 Å². The van der Waals surface area contributed by atoms with Gasteiger partial charge in [-0.15, -0.1) is 0 Å². The Kier molecular flexibility index (Phi) is 19.6. The molecule has 11 heteroatoms. The topological polar surface area (TPSA) is 121 Å². The van der Waals surface area contributed by atoms with Crippen LogP contribution in [-0.2, 0) is 4.74 Å². The smallest absolute Gasteiger partial charge is 0.343 e. The second-order valence-corrected chi connectivity index (χ2v) is 15.4. The first-order valence-corrected chi connectivity index (χ1v) is 22.1. The molecule has 1 aliphatic rings. The van der Waals surface area contributed by atoms with Crippen LogP contribution in [0.5, 0.6) is 23.0 Å². The van der Waals surface area contributed by atoms with Gasteiger partial charge in [-0.3, -0.25) is 9.69 Å². The normalized spacial score (nSPS) is 12.7. The molecule has 0 bridgehead atoms. The zero-order valence-corrected chi connectivity index (χ0v) is 35.9. The van der Waals surface area contributed by atoms with Crippen molar-refractivity contribution in [3.8, 4) is 23.0 Å². The maximum atomic E-state index is 13.2. The van der Waals surface area contributed by atoms with Gasteiger partial charge < -0.3 is 28.6 Å². The number of hydrogen-bond acceptors (Lipinski definition) is 10. The van der Waals surface area contributed by atoms with Crippen molar-refractivity contribution in [2.24, 2.45) is 0 Å². The first-order chi connectivity index (χ1) is 29.8. The average Bonchev–Trinajstić information content (AvgIpc) is 3.29. The number of carbonyl (C=O) groups is 4. The van der Waals surface area contributed by atoms with Crippen molar-refractivity contribution in [3.05, 3.63) is 119 Å². The highest BCUT2D eigenvalue weighted by molar-refractivity contribution is 5.95. The summed E-state index contributed by atoms with van der Waals surface area (Å²) in [6.45, 7) is 8.77. The van der Waals surface area contributed by atoms with E-state index in [4.69, 9.17) is 23.7 Å². The number of amides is 1. The van der Waals surface area contributed by atoms with Gasteiger partial charge in [0.15, 0.2) is 0 Å². The highest BCUT2D eigenvalue weighted by atomic mass is 16.5. The third-order valence-corrected chi connectivity index (χ3v) is 10.6. The molecule has 326 valence electrons. The molecule has 0 unspecified atom stereocenters. The van der Waals surface area contributed by atoms with Crippen LogP contribution < -0.4 is 18.9 Å². The van der Waals surface area contributed by atoms with E-state index in [0.717, 1.165) is 31.4 Å². The Balaban J connectivity index is 0.945. The summed E-state index contributed by atoms with van der Waals surface area (Å²) >= 11 is 0. The fraction of sp³-hybridized carbons (Fsp3) is 0.440. The molecule has 1 fully saturated rings. The van der Waals surface area contributed by atoms with Crippen LogP contribution in [0.1, 0.15) is 132 Å². The maximum absolute atomic E-state index is 13.2. The van der Waals surface area contributed by atoms with Gasteiger partial charge >= 0.3 is 17.9 Å². The Bertz CT molecular complexity index is 1920. The number of esters is 3. The van der Waals surface area contributed by atoms with Crippen LogP contribution in [0.3, 0.4) is 0 Å². The van der Waals surface area contributed by atoms with E-state index in [9.17, 15) is 19.2 Å². The molecule has 4 aromatic rings. The predicted molar refractivity (Wildman–Crippen MR) is 236 cm³/mol. The number of rotatable bonds is 25. The Morgan fingerprint density at radius 3 is 1.25 bits per heavy atom. The van der Waals surface area contributed by atoms with Crippen LogP contribution in [0.4, 0.5) is 0 Å². The van der Waals surface area contributed by atoms with Gasteiger partial charge in [-0.05, 0) is 110 Å². The summed E-state index contributed by atoms with van der Waals surface area (Å²) in [7, 11) is 0. The number of carbonyl (C=O) groups excluding carboxylic acids is 4. The molecule has 0 N–H and O–H groups in total. The van der Waals surface area contributed by atoms with Gasteiger partial charge in [0, 0.05) is 38.3 Å². The highest BCUT2D eigenvalue weighted by Crippen LogP contribution is 2.21. The molecule has 61 heavy (non-hydrogen) atoms. The molecule has 0 saturated carbocycles. The van der Waals surface area contributed by atoms with Crippen molar-refractivity contribution in [1.82, 2.24) is 9.80 Å². The van der Waals surface area contributed by atoms with E-state index < -0.39 is 17.9 Å². The van der Waals surface area contributed by atoms with Crippen LogP contribution in [0.15, 0.2) is 97.1 Å². The average molecular weight is 835 g/mol. The van der Waals surface area contributed by atoms with E-state index in [1.165, 1.54) is 51.4 Å². The molecular weight excluding hydrogens is 773 g/mol. The van der Waals surface area contributed by atoms with Crippen LogP contribution in [0.25, 0.3) is 0 Å². The molecule has 5 rings (SSSR count). The van der Waals surface area contributed by atoms with Crippen LogP contribution >= 0.6 is 0 Å². The molecule has 0 spiro atoms. The lowest BCUT2D eigenvalue weighted by molar-refractivity contribution is 0.0411. The number of benzene rings is 4. The Hall–Kier alpha value is -5.68. The number of hydrogen-bond donors (Lipinski definition) is 0. The number of unbranched alkanes of at least 4 members (excludes halogenated alkanes) is 10. The van der Waals surface area contributed by atoms with Gasteiger partial charge in [-0.2, -0.15) is 0 Å². The molecular formula is C50H62N2O9. The summed E-state index contributed by atoms with van der Waals surface area (Å²) in [6, 6.07) is 26.7. The molecule has 11 nitrogen and oxygen atoms in total. The molecule has 1 amide bonds. The van der Waals surface area contributed by atoms with Gasteiger partial charge in [0.2, 0.25) is 0 Å². The van der Waals surface area contributed by atoms with E-state index in [1.807, 2.05) is 0 Å². The Morgan fingerprint density at radius 2 is 0.803 bits per heavy atom. The van der Waals surface area contributed by atoms with Crippen molar-refractivity contribution in [3.63, 3.8) is 0 Å². The van der Waals surface area contributed by atoms with Crippen molar-refractivity contribution in [2.75, 3.05) is 52.5 Å². The fourth-order valence-electron chi connectivity index (χ4n) is 6.88. The molecule has 0 aliphatic carbocycles. The molecule has 1 saturated heterocycles. The molecule has 1 heterocycles. The molecule has 1 aliphatic heterocycles. The summed E-state index contributed by atoms with van der Waals surface area (Å²) in [6.07, 6.45) is 14.3. The van der Waals surface area contributed by atoms with E-state index >= 15 is 0 Å². The standard InChI is InChI=1S/C50H62N2O9/c1-3-5-7-9-11-13-36-57-43-23-17-41(18-24-43)49(55)60-45-27-15-39(16-28-45)47(53)52-33-31-51(32-34-52)35-38-59-48(54)40-21-29-46(30-22-40)61-50(56)42-19-25-44(26-20-42)58-37-14-12-10-8-6-4-2/h15-30H,3-14,31-38H2,1-2H3. The lowest BCUT2D eigenvalue weighted by Gasteiger charge is -2.34. The lowest BCUT2D eigenvalue weighted by Crippen LogP contribution is -2.49. The summed E-state index contributed by atoms with van der Waals surface area (Å²) in [4.78, 5) is 55.3. The van der Waals surface area contributed by atoms with Gasteiger partial charge in [-0.25, -0.2) is 14.4 Å². The molecule has 0 radical (unpaired) electrons. The van der Waals surface area contributed by atoms with E-state index in [0.29, 0.717) is 85.4 Å². The molecule has 0 atom stereocenters. The van der Waals surface area contributed by atoms with Crippen molar-refractivity contribution in [1.29, 1.82) is 0 Å².